The average Bonchev–Trinajstić information content (AvgIpc) is 2.21. The first-order valence-electron chi connectivity index (χ1n) is 5.31. The Morgan fingerprint density at radius 3 is 2.80 bits per heavy atom. The molecule has 15 heavy (non-hydrogen) atoms. The summed E-state index contributed by atoms with van der Waals surface area (Å²) in [6, 6.07) is 0.424. The fourth-order valence-corrected chi connectivity index (χ4v) is 1.52. The summed E-state index contributed by atoms with van der Waals surface area (Å²) >= 11 is 0. The SMILES string of the molecule is CCCC(C)Nc1ncnc(OC)c1C. The van der Waals surface area contributed by atoms with E-state index >= 15 is 0 Å². The second kappa shape index (κ2) is 5.53. The van der Waals surface area contributed by atoms with Crippen molar-refractivity contribution in [3.8, 4) is 5.88 Å². The van der Waals surface area contributed by atoms with Crippen LogP contribution < -0.4 is 10.1 Å². The standard InChI is InChI=1S/C11H19N3O/c1-5-6-8(2)14-10-9(3)11(15-4)13-7-12-10/h7-8H,5-6H2,1-4H3,(H,12,13,14). The lowest BCUT2D eigenvalue weighted by atomic mass is 10.2. The minimum Gasteiger partial charge on any atom is -0.481 e. The van der Waals surface area contributed by atoms with Crippen molar-refractivity contribution in [2.45, 2.75) is 39.7 Å². The maximum Gasteiger partial charge on any atom is 0.221 e. The highest BCUT2D eigenvalue weighted by atomic mass is 16.5. The first-order valence-corrected chi connectivity index (χ1v) is 5.31. The van der Waals surface area contributed by atoms with Crippen LogP contribution in [0.15, 0.2) is 6.33 Å². The Kier molecular flexibility index (Phi) is 4.34. The lowest BCUT2D eigenvalue weighted by Crippen LogP contribution is -2.16. The molecular weight excluding hydrogens is 190 g/mol. The lowest BCUT2D eigenvalue weighted by molar-refractivity contribution is 0.393. The number of methoxy groups -OCH3 is 1. The molecule has 1 N–H and O–H groups in total. The number of hydrogen-bond acceptors (Lipinski definition) is 4. The van der Waals surface area contributed by atoms with E-state index in [1.165, 1.54) is 6.33 Å². The monoisotopic (exact) mass is 209 g/mol. The molecule has 4 heteroatoms. The Labute approximate surface area is 91.1 Å². The second-order valence-electron chi connectivity index (χ2n) is 3.69. The molecule has 1 aromatic heterocycles. The maximum atomic E-state index is 5.14. The molecule has 0 aromatic carbocycles. The summed E-state index contributed by atoms with van der Waals surface area (Å²) < 4.78 is 5.14. The highest BCUT2D eigenvalue weighted by molar-refractivity contribution is 5.48. The van der Waals surface area contributed by atoms with E-state index in [-0.39, 0.29) is 0 Å². The fraction of sp³-hybridized carbons (Fsp3) is 0.636. The molecule has 0 bridgehead atoms. The summed E-state index contributed by atoms with van der Waals surface area (Å²) in [7, 11) is 1.62. The van der Waals surface area contributed by atoms with E-state index < -0.39 is 0 Å². The Bertz CT molecular complexity index is 315. The smallest absolute Gasteiger partial charge is 0.221 e. The first-order chi connectivity index (χ1) is 7.19. The molecule has 0 aliphatic rings. The second-order valence-corrected chi connectivity index (χ2v) is 3.69. The van der Waals surface area contributed by atoms with Gasteiger partial charge in [0.05, 0.1) is 12.7 Å². The van der Waals surface area contributed by atoms with Crippen LogP contribution in [0.4, 0.5) is 5.82 Å². The Hall–Kier alpha value is -1.32. The molecule has 0 radical (unpaired) electrons. The van der Waals surface area contributed by atoms with E-state index in [0.29, 0.717) is 11.9 Å². The van der Waals surface area contributed by atoms with Crippen molar-refractivity contribution in [3.05, 3.63) is 11.9 Å². The van der Waals surface area contributed by atoms with Crippen LogP contribution in [0.25, 0.3) is 0 Å². The predicted molar refractivity (Wildman–Crippen MR) is 61.3 cm³/mol. The summed E-state index contributed by atoms with van der Waals surface area (Å²) in [5.74, 6) is 1.50. The van der Waals surface area contributed by atoms with Gasteiger partial charge < -0.3 is 10.1 Å². The average molecular weight is 209 g/mol. The van der Waals surface area contributed by atoms with Crippen molar-refractivity contribution in [1.29, 1.82) is 0 Å². The van der Waals surface area contributed by atoms with E-state index in [1.54, 1.807) is 7.11 Å². The van der Waals surface area contributed by atoms with E-state index in [1.807, 2.05) is 6.92 Å². The van der Waals surface area contributed by atoms with Gasteiger partial charge in [0.15, 0.2) is 0 Å². The van der Waals surface area contributed by atoms with Crippen LogP contribution in [0.5, 0.6) is 5.88 Å². The number of hydrogen-bond donors (Lipinski definition) is 1. The van der Waals surface area contributed by atoms with Crippen LogP contribution >= 0.6 is 0 Å². The third kappa shape index (κ3) is 3.08. The van der Waals surface area contributed by atoms with Crippen molar-refractivity contribution in [2.75, 3.05) is 12.4 Å². The van der Waals surface area contributed by atoms with Crippen LogP contribution in [0.1, 0.15) is 32.3 Å². The number of ether oxygens (including phenoxy) is 1. The van der Waals surface area contributed by atoms with Crippen LogP contribution in [0.3, 0.4) is 0 Å². The molecular formula is C11H19N3O. The van der Waals surface area contributed by atoms with Gasteiger partial charge in [0.1, 0.15) is 12.1 Å². The summed E-state index contributed by atoms with van der Waals surface area (Å²) in [5, 5.41) is 3.35. The van der Waals surface area contributed by atoms with Gasteiger partial charge in [0.25, 0.3) is 0 Å². The number of anilines is 1. The third-order valence-corrected chi connectivity index (χ3v) is 2.34. The fourth-order valence-electron chi connectivity index (χ4n) is 1.52. The third-order valence-electron chi connectivity index (χ3n) is 2.34. The number of rotatable bonds is 5. The van der Waals surface area contributed by atoms with Crippen molar-refractivity contribution in [1.82, 2.24) is 9.97 Å². The summed E-state index contributed by atoms with van der Waals surface area (Å²) in [6.45, 7) is 6.28. The number of nitrogens with zero attached hydrogens (tertiary/aromatic N) is 2. The zero-order chi connectivity index (χ0) is 11.3. The quantitative estimate of drug-likeness (QED) is 0.809. The molecule has 0 saturated carbocycles. The van der Waals surface area contributed by atoms with Crippen molar-refractivity contribution in [3.63, 3.8) is 0 Å². The minimum atomic E-state index is 0.424. The molecule has 0 spiro atoms. The summed E-state index contributed by atoms with van der Waals surface area (Å²) in [5.41, 5.74) is 0.961. The zero-order valence-electron chi connectivity index (χ0n) is 9.87. The van der Waals surface area contributed by atoms with Crippen molar-refractivity contribution < 1.29 is 4.74 Å². The maximum absolute atomic E-state index is 5.14. The molecule has 0 saturated heterocycles. The van der Waals surface area contributed by atoms with Gasteiger partial charge in [-0.3, -0.25) is 0 Å². The van der Waals surface area contributed by atoms with E-state index in [9.17, 15) is 0 Å². The Balaban J connectivity index is 2.76. The van der Waals surface area contributed by atoms with Gasteiger partial charge in [-0.25, -0.2) is 9.97 Å². The van der Waals surface area contributed by atoms with Crippen molar-refractivity contribution >= 4 is 5.82 Å². The molecule has 0 aliphatic carbocycles. The molecule has 1 aromatic rings. The Morgan fingerprint density at radius 2 is 2.20 bits per heavy atom. The molecule has 0 amide bonds. The molecule has 1 unspecified atom stereocenters. The largest absolute Gasteiger partial charge is 0.481 e. The van der Waals surface area contributed by atoms with Crippen molar-refractivity contribution in [2.24, 2.45) is 0 Å². The van der Waals surface area contributed by atoms with Gasteiger partial charge in [0.2, 0.25) is 5.88 Å². The van der Waals surface area contributed by atoms with E-state index in [2.05, 4.69) is 29.1 Å². The van der Waals surface area contributed by atoms with Crippen LogP contribution in [-0.2, 0) is 0 Å². The molecule has 0 fully saturated rings. The van der Waals surface area contributed by atoms with E-state index in [4.69, 9.17) is 4.74 Å². The first kappa shape index (κ1) is 11.8. The van der Waals surface area contributed by atoms with Gasteiger partial charge in [-0.15, -0.1) is 0 Å². The van der Waals surface area contributed by atoms with E-state index in [0.717, 1.165) is 24.2 Å². The molecule has 4 nitrogen and oxygen atoms in total. The summed E-state index contributed by atoms with van der Waals surface area (Å²) in [4.78, 5) is 8.24. The highest BCUT2D eigenvalue weighted by Crippen LogP contribution is 2.20. The molecule has 1 rings (SSSR count). The normalized spacial score (nSPS) is 12.3. The van der Waals surface area contributed by atoms with Crippen LogP contribution in [0, 0.1) is 6.92 Å². The van der Waals surface area contributed by atoms with Crippen LogP contribution in [0.2, 0.25) is 0 Å². The van der Waals surface area contributed by atoms with Gasteiger partial charge in [0, 0.05) is 6.04 Å². The molecule has 0 aliphatic heterocycles. The van der Waals surface area contributed by atoms with Crippen LogP contribution in [-0.4, -0.2) is 23.1 Å². The molecule has 1 atom stereocenters. The highest BCUT2D eigenvalue weighted by Gasteiger charge is 2.08. The summed E-state index contributed by atoms with van der Waals surface area (Å²) in [6.07, 6.45) is 3.81. The molecule has 1 heterocycles. The number of aromatic nitrogens is 2. The van der Waals surface area contributed by atoms with Gasteiger partial charge in [-0.05, 0) is 20.3 Å². The predicted octanol–water partition coefficient (Wildman–Crippen LogP) is 2.39. The van der Waals surface area contributed by atoms with Gasteiger partial charge >= 0.3 is 0 Å². The number of nitrogens with one attached hydrogen (secondary N) is 1. The van der Waals surface area contributed by atoms with Gasteiger partial charge in [-0.2, -0.15) is 0 Å². The molecule has 84 valence electrons. The topological polar surface area (TPSA) is 47.0 Å². The van der Waals surface area contributed by atoms with Gasteiger partial charge in [-0.1, -0.05) is 13.3 Å². The zero-order valence-corrected chi connectivity index (χ0v) is 9.87. The lowest BCUT2D eigenvalue weighted by Gasteiger charge is -2.15. The Morgan fingerprint density at radius 1 is 1.47 bits per heavy atom. The minimum absolute atomic E-state index is 0.424.